The summed E-state index contributed by atoms with van der Waals surface area (Å²) in [5, 5.41) is 24.6. The van der Waals surface area contributed by atoms with Crippen molar-refractivity contribution in [3.63, 3.8) is 0 Å². The minimum Gasteiger partial charge on any atom is -0.385 e. The van der Waals surface area contributed by atoms with Crippen molar-refractivity contribution in [3.05, 3.63) is 48.5 Å². The number of carbonyl (C=O) groups is 2. The first-order chi connectivity index (χ1) is 26.3. The van der Waals surface area contributed by atoms with Gasteiger partial charge in [0, 0.05) is 70.7 Å². The van der Waals surface area contributed by atoms with Crippen LogP contribution in [-0.4, -0.2) is 114 Å². The maximum absolute atomic E-state index is 13.1. The minimum absolute atomic E-state index is 0.000239. The second-order valence-electron chi connectivity index (χ2n) is 13.6. The predicted octanol–water partition coefficient (Wildman–Crippen LogP) is 3.88. The largest absolute Gasteiger partial charge is 0.385 e. The average Bonchev–Trinajstić information content (AvgIpc) is 3.20. The van der Waals surface area contributed by atoms with Gasteiger partial charge in [0.15, 0.2) is 29.2 Å². The van der Waals surface area contributed by atoms with Crippen molar-refractivity contribution in [1.29, 1.82) is 0 Å². The number of ether oxygens (including phenoxy) is 4. The second-order valence-corrected chi connectivity index (χ2v) is 18.1. The number of unbranched alkanes of at least 4 members (excludes halogenated alkanes) is 1. The van der Waals surface area contributed by atoms with E-state index in [0.29, 0.717) is 26.3 Å². The van der Waals surface area contributed by atoms with Crippen molar-refractivity contribution >= 4 is 42.9 Å². The van der Waals surface area contributed by atoms with E-state index < -0.39 is 41.0 Å². The maximum Gasteiger partial charge on any atom is 0.265 e. The summed E-state index contributed by atoms with van der Waals surface area (Å²) in [5.74, 6) is -1.83. The van der Waals surface area contributed by atoms with Crippen LogP contribution in [0.2, 0.25) is 0 Å². The van der Waals surface area contributed by atoms with Crippen LogP contribution in [0.25, 0.3) is 0 Å². The highest BCUT2D eigenvalue weighted by Crippen LogP contribution is 2.37. The zero-order chi connectivity index (χ0) is 40.4. The Morgan fingerprint density at radius 2 is 1.05 bits per heavy atom. The molecular weight excluding hydrogens is 757 g/mol. The van der Waals surface area contributed by atoms with Crippen LogP contribution in [0.5, 0.6) is 0 Å². The molecule has 310 valence electrons. The lowest BCUT2D eigenvalue weighted by atomic mass is 9.98. The fourth-order valence-electron chi connectivity index (χ4n) is 6.18. The molecule has 2 saturated heterocycles. The van der Waals surface area contributed by atoms with Gasteiger partial charge in [0.1, 0.15) is 0 Å². The van der Waals surface area contributed by atoms with E-state index in [-0.39, 0.29) is 68.0 Å². The van der Waals surface area contributed by atoms with E-state index >= 15 is 0 Å². The van der Waals surface area contributed by atoms with Crippen molar-refractivity contribution in [1.82, 2.24) is 11.0 Å². The van der Waals surface area contributed by atoms with Crippen LogP contribution >= 0.6 is 0 Å². The summed E-state index contributed by atoms with van der Waals surface area (Å²) in [4.78, 5) is 24.5. The first-order valence-electron chi connectivity index (χ1n) is 18.7. The van der Waals surface area contributed by atoms with Gasteiger partial charge < -0.3 is 29.6 Å². The van der Waals surface area contributed by atoms with Gasteiger partial charge in [-0.25, -0.2) is 27.8 Å². The third-order valence-electron chi connectivity index (χ3n) is 9.53. The molecule has 0 aliphatic carbocycles. The van der Waals surface area contributed by atoms with E-state index in [1.807, 2.05) is 13.8 Å². The number of hydrogen-bond donors (Lipinski definition) is 6. The molecular formula is C37H58N4O12S2. The molecule has 2 aliphatic heterocycles. The highest BCUT2D eigenvalue weighted by Gasteiger charge is 2.53. The minimum atomic E-state index is -3.99. The lowest BCUT2D eigenvalue weighted by Gasteiger charge is -2.34. The summed E-state index contributed by atoms with van der Waals surface area (Å²) in [6.07, 6.45) is 4.05. The molecule has 2 aromatic rings. The van der Waals surface area contributed by atoms with E-state index in [9.17, 15) is 26.4 Å². The first kappa shape index (κ1) is 46.0. The number of rotatable bonds is 20. The highest BCUT2D eigenvalue weighted by molar-refractivity contribution is 7.94. The van der Waals surface area contributed by atoms with Gasteiger partial charge in [0.25, 0.3) is 11.8 Å². The molecule has 0 saturated carbocycles. The van der Waals surface area contributed by atoms with Gasteiger partial charge in [-0.2, -0.15) is 0 Å². The predicted molar refractivity (Wildman–Crippen MR) is 206 cm³/mol. The van der Waals surface area contributed by atoms with Crippen molar-refractivity contribution in [2.75, 3.05) is 70.0 Å². The van der Waals surface area contributed by atoms with E-state index in [0.717, 1.165) is 43.7 Å². The standard InChI is InChI=1S/C19H30N2O6S.C18H28N2O6S/c1-2-3-12-26-13-4-11-20-16-5-7-17(8-6-16)28(24,25)19(18(22)21-23)9-14-27-15-10-19;1-14(2)26-11-3-10-19-15-4-6-16(7-5-15)27(23,24)18(17(21)20-22)8-12-25-13-9-18/h5-8,20,23H,2-4,9-15H2,1H3,(H,21,22);4-7,14,19,22H,3,8-13H2,1-2H3,(H,20,21). The molecule has 0 bridgehead atoms. The normalized spacial score (nSPS) is 16.7. The lowest BCUT2D eigenvalue weighted by Crippen LogP contribution is -2.54. The fourth-order valence-corrected chi connectivity index (χ4v) is 10.1. The molecule has 2 aromatic carbocycles. The Morgan fingerprint density at radius 1 is 0.673 bits per heavy atom. The van der Waals surface area contributed by atoms with E-state index in [1.165, 1.54) is 35.2 Å². The number of amides is 2. The van der Waals surface area contributed by atoms with Gasteiger partial charge in [-0.1, -0.05) is 13.3 Å². The van der Waals surface area contributed by atoms with Gasteiger partial charge >= 0.3 is 0 Å². The molecule has 2 aliphatic rings. The molecule has 0 spiro atoms. The zero-order valence-corrected chi connectivity index (χ0v) is 33.6. The number of hydrogen-bond acceptors (Lipinski definition) is 14. The Balaban J connectivity index is 0.000000296. The van der Waals surface area contributed by atoms with Crippen LogP contribution in [-0.2, 0) is 48.2 Å². The summed E-state index contributed by atoms with van der Waals surface area (Å²) in [6.45, 7) is 10.2. The van der Waals surface area contributed by atoms with Crippen molar-refractivity contribution in [2.45, 2.75) is 97.5 Å². The maximum atomic E-state index is 13.1. The molecule has 18 heteroatoms. The molecule has 0 atom stereocenters. The summed E-state index contributed by atoms with van der Waals surface area (Å²) in [6, 6.07) is 12.6. The average molecular weight is 815 g/mol. The molecule has 0 radical (unpaired) electrons. The molecule has 2 fully saturated rings. The van der Waals surface area contributed by atoms with Crippen LogP contribution in [0.1, 0.15) is 72.1 Å². The molecule has 16 nitrogen and oxygen atoms in total. The Kier molecular flexibility index (Phi) is 18.7. The monoisotopic (exact) mass is 814 g/mol. The Hall–Kier alpha value is -3.36. The Labute approximate surface area is 324 Å². The summed E-state index contributed by atoms with van der Waals surface area (Å²) in [7, 11) is -7.98. The molecule has 2 amide bonds. The number of sulfone groups is 2. The summed E-state index contributed by atoms with van der Waals surface area (Å²) < 4.78 is 70.5. The van der Waals surface area contributed by atoms with Crippen LogP contribution in [0.15, 0.2) is 58.3 Å². The highest BCUT2D eigenvalue weighted by atomic mass is 32.2. The molecule has 2 heterocycles. The Morgan fingerprint density at radius 3 is 1.42 bits per heavy atom. The van der Waals surface area contributed by atoms with Crippen LogP contribution in [0, 0.1) is 0 Å². The molecule has 0 aromatic heterocycles. The smallest absolute Gasteiger partial charge is 0.265 e. The third kappa shape index (κ3) is 12.1. The van der Waals surface area contributed by atoms with Crippen molar-refractivity contribution in [2.24, 2.45) is 0 Å². The number of benzene rings is 2. The molecule has 4 rings (SSSR count). The molecule has 55 heavy (non-hydrogen) atoms. The van der Waals surface area contributed by atoms with Crippen LogP contribution < -0.4 is 21.6 Å². The number of nitrogens with one attached hydrogen (secondary N) is 4. The summed E-state index contributed by atoms with van der Waals surface area (Å²) in [5.41, 5.74) is 4.61. The number of hydroxylamine groups is 2. The van der Waals surface area contributed by atoms with Gasteiger partial charge in [-0.15, -0.1) is 0 Å². The molecule has 0 unspecified atom stereocenters. The number of anilines is 2. The number of carbonyl (C=O) groups excluding carboxylic acids is 2. The fraction of sp³-hybridized carbons (Fsp3) is 0.622. The van der Waals surface area contributed by atoms with E-state index in [2.05, 4.69) is 17.6 Å². The van der Waals surface area contributed by atoms with Crippen molar-refractivity contribution < 1.29 is 55.8 Å². The van der Waals surface area contributed by atoms with Gasteiger partial charge in [0.2, 0.25) is 0 Å². The lowest BCUT2D eigenvalue weighted by molar-refractivity contribution is -0.135. The van der Waals surface area contributed by atoms with E-state index in [4.69, 9.17) is 29.4 Å². The molecule has 6 N–H and O–H groups in total. The topological polar surface area (TPSA) is 228 Å². The van der Waals surface area contributed by atoms with Crippen LogP contribution in [0.4, 0.5) is 11.4 Å². The Bertz CT molecular complexity index is 1680. The SMILES string of the molecule is CC(C)OCCCNc1ccc(S(=O)(=O)C2(C(=O)NO)CCOCC2)cc1.CCCCOCCCNc1ccc(S(=O)(=O)C2(C(=O)NO)CCOCC2)cc1. The van der Waals surface area contributed by atoms with Gasteiger partial charge in [-0.3, -0.25) is 20.0 Å². The third-order valence-corrected chi connectivity index (χ3v) is 14.6. The van der Waals surface area contributed by atoms with Gasteiger partial charge in [-0.05, 0) is 107 Å². The van der Waals surface area contributed by atoms with Crippen LogP contribution in [0.3, 0.4) is 0 Å². The first-order valence-corrected chi connectivity index (χ1v) is 21.7. The quantitative estimate of drug-likeness (QED) is 0.0634. The van der Waals surface area contributed by atoms with Gasteiger partial charge in [0.05, 0.1) is 15.9 Å². The zero-order valence-electron chi connectivity index (χ0n) is 32.0. The van der Waals surface area contributed by atoms with E-state index in [1.54, 1.807) is 24.3 Å². The summed E-state index contributed by atoms with van der Waals surface area (Å²) >= 11 is 0. The second kappa shape index (κ2) is 22.4. The van der Waals surface area contributed by atoms with Crippen molar-refractivity contribution in [3.8, 4) is 0 Å².